The van der Waals surface area contributed by atoms with Gasteiger partial charge in [-0.05, 0) is 42.0 Å². The lowest BCUT2D eigenvalue weighted by Crippen LogP contribution is -2.36. The van der Waals surface area contributed by atoms with Gasteiger partial charge < -0.3 is 15.4 Å². The summed E-state index contributed by atoms with van der Waals surface area (Å²) in [6.45, 7) is 0.971. The summed E-state index contributed by atoms with van der Waals surface area (Å²) in [7, 11) is 1.68. The molecule has 0 atom stereocenters. The van der Waals surface area contributed by atoms with Crippen LogP contribution in [0.2, 0.25) is 0 Å². The first kappa shape index (κ1) is 21.5. The van der Waals surface area contributed by atoms with Gasteiger partial charge in [-0.15, -0.1) is 24.0 Å². The molecule has 146 valence electrons. The van der Waals surface area contributed by atoms with E-state index in [0.29, 0.717) is 24.8 Å². The Balaban J connectivity index is 0.00000280. The number of benzene rings is 1. The SMILES string of the molecule is CN=C(NCc1ccc(Oc2cccnc2)c(F)c1)NCc1ccccn1.I. The van der Waals surface area contributed by atoms with Crippen LogP contribution in [0.25, 0.3) is 0 Å². The molecule has 2 N–H and O–H groups in total. The summed E-state index contributed by atoms with van der Waals surface area (Å²) in [6.07, 6.45) is 4.91. The Bertz CT molecular complexity index is 894. The molecule has 0 radical (unpaired) electrons. The molecule has 0 spiro atoms. The number of pyridine rings is 2. The number of nitrogens with zero attached hydrogens (tertiary/aromatic N) is 3. The van der Waals surface area contributed by atoms with Gasteiger partial charge in [-0.2, -0.15) is 0 Å². The molecule has 0 aliphatic carbocycles. The smallest absolute Gasteiger partial charge is 0.191 e. The highest BCUT2D eigenvalue weighted by atomic mass is 127. The fourth-order valence-electron chi connectivity index (χ4n) is 2.35. The maximum atomic E-state index is 14.3. The van der Waals surface area contributed by atoms with Crippen LogP contribution in [-0.2, 0) is 13.1 Å². The number of hydrogen-bond donors (Lipinski definition) is 2. The topological polar surface area (TPSA) is 71.4 Å². The lowest BCUT2D eigenvalue weighted by molar-refractivity contribution is 0.440. The van der Waals surface area contributed by atoms with Crippen molar-refractivity contribution >= 4 is 29.9 Å². The molecule has 0 aliphatic heterocycles. The van der Waals surface area contributed by atoms with Crippen LogP contribution < -0.4 is 15.4 Å². The fraction of sp³-hybridized carbons (Fsp3) is 0.150. The summed E-state index contributed by atoms with van der Waals surface area (Å²) >= 11 is 0. The number of nitrogens with one attached hydrogen (secondary N) is 2. The minimum absolute atomic E-state index is 0. The third-order valence-corrected chi connectivity index (χ3v) is 3.71. The number of guanidine groups is 1. The third kappa shape index (κ3) is 6.45. The van der Waals surface area contributed by atoms with Crippen molar-refractivity contribution in [2.45, 2.75) is 13.1 Å². The first-order chi connectivity index (χ1) is 13.2. The standard InChI is InChI=1S/C20H20FN5O.HI/c1-22-20(26-13-16-5-2-3-10-24-16)25-12-15-7-8-19(18(21)11-15)27-17-6-4-9-23-14-17;/h2-11,14H,12-13H2,1H3,(H2,22,25,26);1H. The summed E-state index contributed by atoms with van der Waals surface area (Å²) in [6, 6.07) is 14.0. The van der Waals surface area contributed by atoms with Gasteiger partial charge in [-0.1, -0.05) is 12.1 Å². The van der Waals surface area contributed by atoms with Crippen molar-refractivity contribution in [3.8, 4) is 11.5 Å². The van der Waals surface area contributed by atoms with E-state index in [1.165, 1.54) is 12.3 Å². The van der Waals surface area contributed by atoms with Gasteiger partial charge in [0.2, 0.25) is 0 Å². The number of ether oxygens (including phenoxy) is 1. The molecule has 0 saturated carbocycles. The van der Waals surface area contributed by atoms with Gasteiger partial charge in [0.15, 0.2) is 17.5 Å². The molecule has 1 aromatic carbocycles. The van der Waals surface area contributed by atoms with Crippen LogP contribution in [0.4, 0.5) is 4.39 Å². The van der Waals surface area contributed by atoms with Crippen molar-refractivity contribution in [3.63, 3.8) is 0 Å². The third-order valence-electron chi connectivity index (χ3n) is 3.71. The highest BCUT2D eigenvalue weighted by molar-refractivity contribution is 14.0. The summed E-state index contributed by atoms with van der Waals surface area (Å²) in [5, 5.41) is 6.31. The normalized spacial score (nSPS) is 10.7. The zero-order valence-corrected chi connectivity index (χ0v) is 17.6. The van der Waals surface area contributed by atoms with Crippen molar-refractivity contribution in [2.75, 3.05) is 7.05 Å². The number of aliphatic imine (C=N–C) groups is 1. The van der Waals surface area contributed by atoms with E-state index in [1.54, 1.807) is 43.7 Å². The minimum atomic E-state index is -0.436. The average Bonchev–Trinajstić information content (AvgIpc) is 2.71. The second-order valence-corrected chi connectivity index (χ2v) is 5.66. The maximum Gasteiger partial charge on any atom is 0.191 e. The highest BCUT2D eigenvalue weighted by Crippen LogP contribution is 2.24. The zero-order chi connectivity index (χ0) is 18.9. The molecule has 0 bridgehead atoms. The van der Waals surface area contributed by atoms with Crippen LogP contribution in [0.5, 0.6) is 11.5 Å². The molecule has 0 unspecified atom stereocenters. The van der Waals surface area contributed by atoms with Crippen LogP contribution >= 0.6 is 24.0 Å². The quantitative estimate of drug-likeness (QED) is 0.310. The molecule has 0 saturated heterocycles. The predicted molar refractivity (Wildman–Crippen MR) is 117 cm³/mol. The monoisotopic (exact) mass is 493 g/mol. The minimum Gasteiger partial charge on any atom is -0.453 e. The Morgan fingerprint density at radius 1 is 1.07 bits per heavy atom. The molecule has 2 heterocycles. The largest absolute Gasteiger partial charge is 0.453 e. The van der Waals surface area contributed by atoms with Gasteiger partial charge >= 0.3 is 0 Å². The van der Waals surface area contributed by atoms with E-state index in [4.69, 9.17) is 4.74 Å². The van der Waals surface area contributed by atoms with E-state index in [9.17, 15) is 4.39 Å². The molecule has 28 heavy (non-hydrogen) atoms. The number of rotatable bonds is 6. The molecule has 3 aromatic rings. The first-order valence-corrected chi connectivity index (χ1v) is 8.45. The van der Waals surface area contributed by atoms with E-state index in [0.717, 1.165) is 11.3 Å². The Morgan fingerprint density at radius 2 is 1.93 bits per heavy atom. The van der Waals surface area contributed by atoms with Crippen LogP contribution in [-0.4, -0.2) is 23.0 Å². The lowest BCUT2D eigenvalue weighted by atomic mass is 10.2. The average molecular weight is 493 g/mol. The summed E-state index contributed by atoms with van der Waals surface area (Å²) in [5.74, 6) is 0.817. The lowest BCUT2D eigenvalue weighted by Gasteiger charge is -2.12. The molecular formula is C20H21FIN5O. The highest BCUT2D eigenvalue weighted by Gasteiger charge is 2.07. The number of aromatic nitrogens is 2. The van der Waals surface area contributed by atoms with Gasteiger partial charge in [-0.3, -0.25) is 15.0 Å². The van der Waals surface area contributed by atoms with E-state index in [2.05, 4.69) is 25.6 Å². The zero-order valence-electron chi connectivity index (χ0n) is 15.3. The molecule has 8 heteroatoms. The van der Waals surface area contributed by atoms with Crippen molar-refractivity contribution in [1.29, 1.82) is 0 Å². The molecule has 3 rings (SSSR count). The fourth-order valence-corrected chi connectivity index (χ4v) is 2.35. The summed E-state index contributed by atoms with van der Waals surface area (Å²) < 4.78 is 19.8. The van der Waals surface area contributed by atoms with Gasteiger partial charge in [0, 0.05) is 26.0 Å². The Labute approximate surface area is 180 Å². The van der Waals surface area contributed by atoms with Crippen molar-refractivity contribution in [3.05, 3.63) is 84.2 Å². The van der Waals surface area contributed by atoms with Crippen molar-refractivity contribution < 1.29 is 9.13 Å². The molecule has 0 amide bonds. The van der Waals surface area contributed by atoms with Gasteiger partial charge in [0.1, 0.15) is 5.75 Å². The first-order valence-electron chi connectivity index (χ1n) is 8.45. The van der Waals surface area contributed by atoms with Crippen LogP contribution in [0, 0.1) is 5.82 Å². The van der Waals surface area contributed by atoms with Crippen LogP contribution in [0.15, 0.2) is 72.1 Å². The van der Waals surface area contributed by atoms with E-state index >= 15 is 0 Å². The van der Waals surface area contributed by atoms with Crippen molar-refractivity contribution in [2.24, 2.45) is 4.99 Å². The van der Waals surface area contributed by atoms with E-state index in [1.807, 2.05) is 18.2 Å². The van der Waals surface area contributed by atoms with Crippen LogP contribution in [0.1, 0.15) is 11.3 Å². The Morgan fingerprint density at radius 3 is 2.61 bits per heavy atom. The van der Waals surface area contributed by atoms with Gasteiger partial charge in [-0.25, -0.2) is 4.39 Å². The van der Waals surface area contributed by atoms with E-state index < -0.39 is 5.82 Å². The van der Waals surface area contributed by atoms with Gasteiger partial charge in [0.25, 0.3) is 0 Å². The number of halogens is 2. The summed E-state index contributed by atoms with van der Waals surface area (Å²) in [4.78, 5) is 12.3. The molecular weight excluding hydrogens is 472 g/mol. The summed E-state index contributed by atoms with van der Waals surface area (Å²) in [5.41, 5.74) is 1.68. The van der Waals surface area contributed by atoms with Gasteiger partial charge in [0.05, 0.1) is 18.4 Å². The Kier molecular flexibility index (Phi) is 8.60. The second-order valence-electron chi connectivity index (χ2n) is 5.66. The number of hydrogen-bond acceptors (Lipinski definition) is 4. The van der Waals surface area contributed by atoms with E-state index in [-0.39, 0.29) is 29.7 Å². The predicted octanol–water partition coefficient (Wildman–Crippen LogP) is 3.89. The molecule has 0 aliphatic rings. The van der Waals surface area contributed by atoms with Crippen molar-refractivity contribution in [1.82, 2.24) is 20.6 Å². The van der Waals surface area contributed by atoms with Crippen LogP contribution in [0.3, 0.4) is 0 Å². The molecule has 6 nitrogen and oxygen atoms in total. The maximum absolute atomic E-state index is 14.3. The molecule has 2 aromatic heterocycles. The molecule has 0 fully saturated rings. The second kappa shape index (κ2) is 11.2. The Hall–Kier alpha value is -2.75.